The average Bonchev–Trinajstić information content (AvgIpc) is 1.82. The Morgan fingerprint density at radius 1 is 0.370 bits per heavy atom. The van der Waals surface area contributed by atoms with E-state index in [1.165, 1.54) is 5.56 Å². The summed E-state index contributed by atoms with van der Waals surface area (Å²) in [5.41, 5.74) is 16.2. The number of phenolic OH excluding ortho intramolecular Hbond substituents is 1. The van der Waals surface area contributed by atoms with E-state index >= 15 is 0 Å². The van der Waals surface area contributed by atoms with E-state index in [1.807, 2.05) is 182 Å². The summed E-state index contributed by atoms with van der Waals surface area (Å²) in [6.45, 7) is 5.24. The van der Waals surface area contributed by atoms with E-state index < -0.39 is 0 Å². The molecule has 0 aliphatic carbocycles. The maximum Gasteiger partial charge on any atom is 0.251 e. The Morgan fingerprint density at radius 2 is 0.724 bits per heavy atom. The summed E-state index contributed by atoms with van der Waals surface area (Å²) in [6.07, 6.45) is 37.5. The number of carbonyl (C=O) groups is 4. The molecular formula is C100H92N20O7. The van der Waals surface area contributed by atoms with Gasteiger partial charge < -0.3 is 40.4 Å². The van der Waals surface area contributed by atoms with Crippen molar-refractivity contribution in [2.45, 2.75) is 64.8 Å². The van der Waals surface area contributed by atoms with Gasteiger partial charge >= 0.3 is 0 Å². The molecule has 27 nitrogen and oxygen atoms in total. The molecule has 4 amide bonds. The van der Waals surface area contributed by atoms with Gasteiger partial charge in [-0.15, -0.1) is 0 Å². The van der Waals surface area contributed by atoms with Crippen molar-refractivity contribution in [2.75, 3.05) is 40.4 Å². The number of amides is 4. The fourth-order valence-electron chi connectivity index (χ4n) is 12.9. The molecule has 8 heterocycles. The number of imidazole rings is 1. The van der Waals surface area contributed by atoms with E-state index in [0.29, 0.717) is 70.7 Å². The number of hydrogen-bond donors (Lipinski definition) is 8. The molecule has 0 saturated carbocycles. The van der Waals surface area contributed by atoms with Crippen LogP contribution >= 0.6 is 0 Å². The second-order valence-electron chi connectivity index (χ2n) is 28.6. The van der Waals surface area contributed by atoms with Crippen LogP contribution in [0.4, 0.5) is 0 Å². The molecule has 0 atom stereocenters. The Labute approximate surface area is 735 Å². The van der Waals surface area contributed by atoms with Crippen molar-refractivity contribution < 1.29 is 33.8 Å². The Kier molecular flexibility index (Phi) is 31.9. The summed E-state index contributed by atoms with van der Waals surface area (Å²) in [5.74, 6) is 26.4. The van der Waals surface area contributed by atoms with Gasteiger partial charge in [0.15, 0.2) is 0 Å². The molecule has 0 unspecified atom stereocenters. The highest BCUT2D eigenvalue weighted by molar-refractivity contribution is 5.97. The van der Waals surface area contributed by atoms with Gasteiger partial charge in [-0.05, 0) is 237 Å². The molecule has 0 radical (unpaired) electrons. The largest absolute Gasteiger partial charge is 0.508 e. The Bertz CT molecular complexity index is 6280. The molecule has 0 aliphatic rings. The summed E-state index contributed by atoms with van der Waals surface area (Å²) >= 11 is 0. The van der Waals surface area contributed by atoms with Crippen LogP contribution in [0, 0.1) is 47.4 Å². The number of H-pyrrole nitrogens is 3. The maximum absolute atomic E-state index is 12.7. The number of nitrogens with one attached hydrogen (secondary N) is 7. The predicted molar refractivity (Wildman–Crippen MR) is 485 cm³/mol. The van der Waals surface area contributed by atoms with E-state index in [9.17, 15) is 24.3 Å². The molecule has 8 aromatic heterocycles. The van der Waals surface area contributed by atoms with Crippen molar-refractivity contribution >= 4 is 23.6 Å². The van der Waals surface area contributed by atoms with Gasteiger partial charge in [0.05, 0.1) is 84.1 Å². The number of aryl methyl sites for hydroxylation is 5. The third-order valence-corrected chi connectivity index (χ3v) is 19.6. The monoisotopic (exact) mass is 1680 g/mol. The highest BCUT2D eigenvalue weighted by Crippen LogP contribution is 2.23. The third-order valence-electron chi connectivity index (χ3n) is 19.6. The normalized spacial score (nSPS) is 10.3. The zero-order chi connectivity index (χ0) is 88.0. The second kappa shape index (κ2) is 46.1. The molecule has 0 saturated heterocycles. The Hall–Kier alpha value is -17.0. The van der Waals surface area contributed by atoms with E-state index in [0.717, 1.165) is 131 Å². The number of phenols is 1. The minimum atomic E-state index is -0.153. The van der Waals surface area contributed by atoms with E-state index in [2.05, 4.69) is 144 Å². The number of rotatable bonds is 27. The molecule has 634 valence electrons. The van der Waals surface area contributed by atoms with Crippen LogP contribution in [0.1, 0.15) is 141 Å². The first-order valence-electron chi connectivity index (χ1n) is 41.2. The zero-order valence-electron chi connectivity index (χ0n) is 70.2. The van der Waals surface area contributed by atoms with Crippen LogP contribution in [0.25, 0.3) is 22.7 Å². The van der Waals surface area contributed by atoms with Crippen molar-refractivity contribution in [3.8, 4) is 87.4 Å². The Morgan fingerprint density at radius 3 is 1.04 bits per heavy atom. The molecule has 0 fully saturated rings. The summed E-state index contributed by atoms with van der Waals surface area (Å²) < 4.78 is 19.5. The molecule has 8 aromatic carbocycles. The van der Waals surface area contributed by atoms with Gasteiger partial charge in [0.2, 0.25) is 0 Å². The summed E-state index contributed by atoms with van der Waals surface area (Å²) in [6, 6.07) is 59.3. The standard InChI is InChI=1S/C26H25N5O.2C25H23N5O2.C24H21N5O2/c1-2-20-6-8-21(9-7-20)10-11-23-17-24(12-13-25(23)31-16-4-15-30-31)26(32)27-14-3-5-22-18-28-29-19-22;1-32-23-7-2-5-19(15-23)8-9-21-16-22(10-11-24(21)30-14-4-13-29-30)25(31)26-12-3-6-20-17-27-28-18-20;1-32-23-6-2-5-20(17-23)7-8-21-18-22(9-10-24(21)30-15-4-12-28-30)25(31)27-11-3-14-29-16-13-26-19-29;30-22-6-1-4-18(14-22)7-8-20-15-21(9-10-23(20)29-13-3-12-28-29)24(31)25-11-2-5-19-16-26-27-17-19/h4,6-9,12-13,15-19H,2-3,5,14H2,1H3,(H,27,32)(H,28,29);2,4-5,7,10-11,13-18H,3,6,12H2,1H3,(H,26,31)(H,27,28);2,4-6,9-10,12-13,15-19H,3,11,14H2,1H3,(H,27,31);1,3-4,6,9-10,12-17,30H,2,5,11H2,(H,25,31)(H,26,27). The van der Waals surface area contributed by atoms with Gasteiger partial charge in [0.1, 0.15) is 17.2 Å². The molecule has 27 heteroatoms. The van der Waals surface area contributed by atoms with Crippen LogP contribution in [-0.4, -0.2) is 148 Å². The summed E-state index contributed by atoms with van der Waals surface area (Å²) in [7, 11) is 3.25. The number of nitrogens with zero attached hydrogens (tertiary/aromatic N) is 13. The number of aromatic nitrogens is 16. The molecule has 16 aromatic rings. The molecule has 0 spiro atoms. The quantitative estimate of drug-likeness (QED) is 0.0175. The summed E-state index contributed by atoms with van der Waals surface area (Å²) in [4.78, 5) is 54.8. The first-order chi connectivity index (χ1) is 62.4. The highest BCUT2D eigenvalue weighted by atomic mass is 16.5. The molecule has 127 heavy (non-hydrogen) atoms. The van der Waals surface area contributed by atoms with Crippen molar-refractivity contribution in [2.24, 2.45) is 0 Å². The van der Waals surface area contributed by atoms with Crippen LogP contribution in [-0.2, 0) is 32.2 Å². The fraction of sp³-hybridized carbons (Fsp3) is 0.160. The minimum Gasteiger partial charge on any atom is -0.508 e. The maximum atomic E-state index is 12.7. The van der Waals surface area contributed by atoms with Gasteiger partial charge in [0, 0.05) is 158 Å². The number of aromatic amines is 3. The first-order valence-corrected chi connectivity index (χ1v) is 41.2. The predicted octanol–water partition coefficient (Wildman–Crippen LogP) is 13.6. The second-order valence-corrected chi connectivity index (χ2v) is 28.6. The third kappa shape index (κ3) is 26.5. The number of carbonyl (C=O) groups excluding carboxylic acids is 4. The fourth-order valence-corrected chi connectivity index (χ4v) is 12.9. The molecule has 16 rings (SSSR count). The van der Waals surface area contributed by atoms with Gasteiger partial charge in [-0.25, -0.2) is 23.7 Å². The topological polar surface area (TPSA) is 330 Å². The lowest BCUT2D eigenvalue weighted by atomic mass is 10.1. The molecular weight excluding hydrogens is 1590 g/mol. The molecule has 0 aliphatic heterocycles. The number of aromatic hydroxyl groups is 1. The van der Waals surface area contributed by atoms with Crippen molar-refractivity contribution in [3.05, 3.63) is 389 Å². The lowest BCUT2D eigenvalue weighted by Gasteiger charge is -2.09. The van der Waals surface area contributed by atoms with Crippen LogP contribution in [0.15, 0.2) is 300 Å². The smallest absolute Gasteiger partial charge is 0.251 e. The van der Waals surface area contributed by atoms with E-state index in [4.69, 9.17) is 9.47 Å². The number of methoxy groups -OCH3 is 2. The van der Waals surface area contributed by atoms with Crippen LogP contribution < -0.4 is 30.7 Å². The SMILES string of the molecule is CCc1ccc(C#Cc2cc(C(=O)NCCCc3cn[nH]c3)ccc2-n2cccn2)cc1.COc1cccc(C#Cc2cc(C(=O)NCCCc3cn[nH]c3)ccc2-n2cccn2)c1.COc1cccc(C#Cc2cc(C(=O)NCCCn3ccnc3)ccc2-n2cccn2)c1.O=C(NCCCc1cn[nH]c1)c1ccc(-n2cccn2)c(C#Cc2cccc(O)c2)c1. The minimum absolute atomic E-state index is 0.112. The van der Waals surface area contributed by atoms with Gasteiger partial charge in [0.25, 0.3) is 23.6 Å². The van der Waals surface area contributed by atoms with Gasteiger partial charge in [-0.2, -0.15) is 35.7 Å². The molecule has 0 bridgehead atoms. The number of benzene rings is 8. The Balaban J connectivity index is 0.000000145. The van der Waals surface area contributed by atoms with Crippen LogP contribution in [0.2, 0.25) is 0 Å². The van der Waals surface area contributed by atoms with Crippen molar-refractivity contribution in [3.63, 3.8) is 0 Å². The first kappa shape index (κ1) is 87.8. The zero-order valence-corrected chi connectivity index (χ0v) is 70.2. The van der Waals surface area contributed by atoms with E-state index in [-0.39, 0.29) is 29.4 Å². The average molecular weight is 1690 g/mol. The number of hydrogen-bond acceptors (Lipinski definition) is 15. The van der Waals surface area contributed by atoms with Crippen molar-refractivity contribution in [1.82, 2.24) is 101 Å². The summed E-state index contributed by atoms with van der Waals surface area (Å²) in [5, 5.41) is 58.9. The van der Waals surface area contributed by atoms with E-state index in [1.54, 1.807) is 143 Å². The van der Waals surface area contributed by atoms with Crippen molar-refractivity contribution in [1.29, 1.82) is 0 Å². The molecule has 8 N–H and O–H groups in total. The number of ether oxygens (including phenoxy) is 2. The van der Waals surface area contributed by atoms with Crippen LogP contribution in [0.3, 0.4) is 0 Å². The lowest BCUT2D eigenvalue weighted by molar-refractivity contribution is 0.0944. The van der Waals surface area contributed by atoms with Crippen LogP contribution in [0.5, 0.6) is 17.2 Å². The van der Waals surface area contributed by atoms with Gasteiger partial charge in [-0.3, -0.25) is 34.5 Å². The lowest BCUT2D eigenvalue weighted by Crippen LogP contribution is -2.25. The highest BCUT2D eigenvalue weighted by Gasteiger charge is 2.17. The van der Waals surface area contributed by atoms with Gasteiger partial charge in [-0.1, -0.05) is 84.6 Å².